The molecule has 0 bridgehead atoms. The Morgan fingerprint density at radius 1 is 1.39 bits per heavy atom. The molecule has 0 aliphatic heterocycles. The highest BCUT2D eigenvalue weighted by Gasteiger charge is 2.19. The summed E-state index contributed by atoms with van der Waals surface area (Å²) >= 11 is 5.71. The Morgan fingerprint density at radius 3 is 2.78 bits per heavy atom. The summed E-state index contributed by atoms with van der Waals surface area (Å²) < 4.78 is 14.1. The maximum absolute atomic E-state index is 14.1. The van der Waals surface area contributed by atoms with Crippen LogP contribution < -0.4 is 4.90 Å². The number of hydrogen-bond donors (Lipinski definition) is 0. The van der Waals surface area contributed by atoms with Gasteiger partial charge in [0.25, 0.3) is 0 Å². The first-order valence-electron chi connectivity index (χ1n) is 6.63. The summed E-state index contributed by atoms with van der Waals surface area (Å²) in [4.78, 5) is 6.08. The van der Waals surface area contributed by atoms with Gasteiger partial charge in [0, 0.05) is 25.4 Å². The van der Waals surface area contributed by atoms with Crippen LogP contribution in [0.4, 0.5) is 10.2 Å². The first-order chi connectivity index (χ1) is 8.72. The van der Waals surface area contributed by atoms with Crippen LogP contribution >= 0.6 is 11.6 Å². The molecule has 1 aromatic rings. The van der Waals surface area contributed by atoms with Gasteiger partial charge in [-0.25, -0.2) is 9.37 Å². The Balaban J connectivity index is 2.05. The third kappa shape index (κ3) is 3.14. The van der Waals surface area contributed by atoms with Gasteiger partial charge in [-0.15, -0.1) is 11.6 Å². The lowest BCUT2D eigenvalue weighted by Gasteiger charge is -2.28. The lowest BCUT2D eigenvalue weighted by atomic mass is 9.89. The first-order valence-corrected chi connectivity index (χ1v) is 7.16. The largest absolute Gasteiger partial charge is 0.357 e. The van der Waals surface area contributed by atoms with E-state index in [4.69, 9.17) is 11.6 Å². The molecule has 0 unspecified atom stereocenters. The second-order valence-corrected chi connectivity index (χ2v) is 5.39. The highest BCUT2D eigenvalue weighted by molar-refractivity contribution is 6.17. The Bertz CT molecular complexity index is 391. The van der Waals surface area contributed by atoms with Crippen LogP contribution in [-0.4, -0.2) is 18.6 Å². The van der Waals surface area contributed by atoms with Crippen LogP contribution in [0.15, 0.2) is 12.3 Å². The van der Waals surface area contributed by atoms with E-state index in [0.29, 0.717) is 17.3 Å². The minimum Gasteiger partial charge on any atom is -0.357 e. The fourth-order valence-corrected chi connectivity index (χ4v) is 2.89. The molecule has 0 radical (unpaired) electrons. The smallest absolute Gasteiger partial charge is 0.170 e. The van der Waals surface area contributed by atoms with Gasteiger partial charge in [0.2, 0.25) is 0 Å². The molecule has 0 atom stereocenters. The number of pyridine rings is 1. The molecule has 0 aromatic carbocycles. The number of alkyl halides is 1. The topological polar surface area (TPSA) is 16.1 Å². The quantitative estimate of drug-likeness (QED) is 0.770. The molecule has 0 N–H and O–H groups in total. The van der Waals surface area contributed by atoms with E-state index in [2.05, 4.69) is 4.98 Å². The fourth-order valence-electron chi connectivity index (χ4n) is 2.68. The molecule has 2 nitrogen and oxygen atoms in total. The van der Waals surface area contributed by atoms with E-state index in [-0.39, 0.29) is 11.7 Å². The van der Waals surface area contributed by atoms with Crippen molar-refractivity contribution in [2.75, 3.05) is 18.5 Å². The maximum Gasteiger partial charge on any atom is 0.170 e. The number of rotatable bonds is 4. The van der Waals surface area contributed by atoms with Crippen LogP contribution in [0, 0.1) is 11.7 Å². The van der Waals surface area contributed by atoms with E-state index in [1.165, 1.54) is 32.1 Å². The third-order valence-electron chi connectivity index (χ3n) is 3.71. The molecule has 18 heavy (non-hydrogen) atoms. The van der Waals surface area contributed by atoms with Crippen LogP contribution in [0.1, 0.15) is 37.7 Å². The highest BCUT2D eigenvalue weighted by atomic mass is 35.5. The van der Waals surface area contributed by atoms with Crippen molar-refractivity contribution in [1.82, 2.24) is 4.98 Å². The van der Waals surface area contributed by atoms with Crippen molar-refractivity contribution in [3.63, 3.8) is 0 Å². The average Bonchev–Trinajstić information content (AvgIpc) is 2.40. The van der Waals surface area contributed by atoms with E-state index >= 15 is 0 Å². The summed E-state index contributed by atoms with van der Waals surface area (Å²) in [6.07, 6.45) is 8.08. The van der Waals surface area contributed by atoms with Crippen molar-refractivity contribution >= 4 is 17.4 Å². The van der Waals surface area contributed by atoms with Crippen molar-refractivity contribution in [3.8, 4) is 0 Å². The molecule has 0 spiro atoms. The molecule has 0 saturated heterocycles. The van der Waals surface area contributed by atoms with Crippen molar-refractivity contribution in [2.24, 2.45) is 5.92 Å². The Kier molecular flexibility index (Phi) is 4.81. The predicted molar refractivity (Wildman–Crippen MR) is 73.6 cm³/mol. The van der Waals surface area contributed by atoms with Crippen molar-refractivity contribution < 1.29 is 4.39 Å². The van der Waals surface area contributed by atoms with Crippen LogP contribution in [0.3, 0.4) is 0 Å². The highest BCUT2D eigenvalue weighted by Crippen LogP contribution is 2.26. The second-order valence-electron chi connectivity index (χ2n) is 5.13. The van der Waals surface area contributed by atoms with Gasteiger partial charge in [-0.05, 0) is 24.8 Å². The lowest BCUT2D eigenvalue weighted by Crippen LogP contribution is -2.28. The molecule has 1 saturated carbocycles. The monoisotopic (exact) mass is 270 g/mol. The van der Waals surface area contributed by atoms with E-state index in [1.807, 2.05) is 11.9 Å². The number of halogens is 2. The second kappa shape index (κ2) is 6.37. The number of nitrogens with zero attached hydrogens (tertiary/aromatic N) is 2. The van der Waals surface area contributed by atoms with E-state index in [1.54, 1.807) is 12.3 Å². The van der Waals surface area contributed by atoms with Gasteiger partial charge in [-0.3, -0.25) is 0 Å². The molecule has 2 rings (SSSR count). The number of aromatic nitrogens is 1. The normalized spacial score (nSPS) is 16.8. The van der Waals surface area contributed by atoms with Gasteiger partial charge in [0.1, 0.15) is 0 Å². The Morgan fingerprint density at radius 2 is 2.11 bits per heavy atom. The zero-order chi connectivity index (χ0) is 13.0. The average molecular weight is 271 g/mol. The van der Waals surface area contributed by atoms with E-state index in [0.717, 1.165) is 6.54 Å². The minimum atomic E-state index is -0.272. The molecule has 1 aliphatic carbocycles. The first kappa shape index (κ1) is 13.6. The van der Waals surface area contributed by atoms with Gasteiger partial charge in [0.05, 0.1) is 5.88 Å². The molecule has 1 heterocycles. The Labute approximate surface area is 113 Å². The standard InChI is InChI=1S/C14H20ClFN2/c1-18(10-11-5-3-2-4-6-11)14-13(16)12(9-15)7-8-17-14/h7-8,11H,2-6,9-10H2,1H3. The molecule has 1 aromatic heterocycles. The van der Waals surface area contributed by atoms with Gasteiger partial charge in [0.15, 0.2) is 11.6 Å². The van der Waals surface area contributed by atoms with Crippen LogP contribution in [0.25, 0.3) is 0 Å². The van der Waals surface area contributed by atoms with Gasteiger partial charge < -0.3 is 4.90 Å². The summed E-state index contributed by atoms with van der Waals surface area (Å²) in [5, 5.41) is 0. The lowest BCUT2D eigenvalue weighted by molar-refractivity contribution is 0.360. The Hall–Kier alpha value is -0.830. The molecule has 1 aliphatic rings. The molecule has 0 amide bonds. The fraction of sp³-hybridized carbons (Fsp3) is 0.643. The zero-order valence-corrected chi connectivity index (χ0v) is 11.6. The molecule has 1 fully saturated rings. The molecule has 100 valence electrons. The SMILES string of the molecule is CN(CC1CCCCC1)c1nccc(CCl)c1F. The van der Waals surface area contributed by atoms with Gasteiger partial charge in [-0.2, -0.15) is 0 Å². The predicted octanol–water partition coefficient (Wildman–Crippen LogP) is 3.98. The molecule has 4 heteroatoms. The third-order valence-corrected chi connectivity index (χ3v) is 4.00. The number of hydrogen-bond acceptors (Lipinski definition) is 2. The van der Waals surface area contributed by atoms with Crippen LogP contribution in [0.5, 0.6) is 0 Å². The summed E-state index contributed by atoms with van der Waals surface area (Å²) in [5.41, 5.74) is 0.525. The summed E-state index contributed by atoms with van der Waals surface area (Å²) in [6, 6.07) is 1.64. The van der Waals surface area contributed by atoms with Crippen molar-refractivity contribution in [3.05, 3.63) is 23.6 Å². The van der Waals surface area contributed by atoms with E-state index in [9.17, 15) is 4.39 Å². The minimum absolute atomic E-state index is 0.193. The van der Waals surface area contributed by atoms with Crippen molar-refractivity contribution in [1.29, 1.82) is 0 Å². The summed E-state index contributed by atoms with van der Waals surface area (Å²) in [7, 11) is 1.91. The summed E-state index contributed by atoms with van der Waals surface area (Å²) in [5.74, 6) is 1.02. The van der Waals surface area contributed by atoms with Crippen LogP contribution in [0.2, 0.25) is 0 Å². The molecular weight excluding hydrogens is 251 g/mol. The summed E-state index contributed by atoms with van der Waals surface area (Å²) in [6.45, 7) is 0.885. The van der Waals surface area contributed by atoms with Gasteiger partial charge in [-0.1, -0.05) is 19.3 Å². The molecular formula is C14H20ClFN2. The zero-order valence-electron chi connectivity index (χ0n) is 10.8. The van der Waals surface area contributed by atoms with Crippen LogP contribution in [-0.2, 0) is 5.88 Å². The van der Waals surface area contributed by atoms with Gasteiger partial charge >= 0.3 is 0 Å². The number of anilines is 1. The van der Waals surface area contributed by atoms with Crippen molar-refractivity contribution in [2.45, 2.75) is 38.0 Å². The maximum atomic E-state index is 14.1. The van der Waals surface area contributed by atoms with E-state index < -0.39 is 0 Å².